The summed E-state index contributed by atoms with van der Waals surface area (Å²) in [5.41, 5.74) is 0. The Kier molecular flexibility index (Phi) is 6.58. The number of nitrogens with zero attached hydrogens (tertiary/aromatic N) is 4. The Balaban J connectivity index is 1.30. The predicted molar refractivity (Wildman–Crippen MR) is 120 cm³/mol. The van der Waals surface area contributed by atoms with Crippen molar-refractivity contribution in [2.24, 2.45) is 7.05 Å². The quantitative estimate of drug-likeness (QED) is 0.362. The molecule has 1 atom stereocenters. The van der Waals surface area contributed by atoms with Crippen LogP contribution in [0.1, 0.15) is 11.9 Å². The van der Waals surface area contributed by atoms with Gasteiger partial charge in [0.1, 0.15) is 12.4 Å². The zero-order valence-electron chi connectivity index (χ0n) is 18.0. The van der Waals surface area contributed by atoms with E-state index in [2.05, 4.69) is 10.2 Å². The van der Waals surface area contributed by atoms with Crippen molar-refractivity contribution in [3.8, 4) is 17.2 Å². The minimum atomic E-state index is -3.45. The van der Waals surface area contributed by atoms with E-state index >= 15 is 0 Å². The Hall–Kier alpha value is -2.76. The van der Waals surface area contributed by atoms with Crippen molar-refractivity contribution in [2.45, 2.75) is 16.2 Å². The van der Waals surface area contributed by atoms with Crippen LogP contribution in [0.3, 0.4) is 0 Å². The molecule has 0 saturated heterocycles. The van der Waals surface area contributed by atoms with Crippen molar-refractivity contribution in [2.75, 3.05) is 33.1 Å². The topological polar surface area (TPSA) is 95.8 Å². The van der Waals surface area contributed by atoms with Gasteiger partial charge in [0.15, 0.2) is 28.6 Å². The van der Waals surface area contributed by atoms with Crippen LogP contribution in [-0.4, -0.2) is 60.5 Å². The molecule has 0 fully saturated rings. The number of sulfonamides is 1. The number of fused-ring (bicyclic) bond motifs is 1. The zero-order chi connectivity index (χ0) is 22.7. The summed E-state index contributed by atoms with van der Waals surface area (Å²) in [7, 11) is 1.45. The van der Waals surface area contributed by atoms with Gasteiger partial charge in [-0.15, -0.1) is 10.2 Å². The van der Waals surface area contributed by atoms with Gasteiger partial charge in [0.25, 0.3) is 0 Å². The van der Waals surface area contributed by atoms with Gasteiger partial charge in [0.05, 0.1) is 11.5 Å². The minimum absolute atomic E-state index is 0.229. The molecule has 0 unspecified atom stereocenters. The molecule has 0 radical (unpaired) electrons. The van der Waals surface area contributed by atoms with Gasteiger partial charge < -0.3 is 18.8 Å². The van der Waals surface area contributed by atoms with Crippen molar-refractivity contribution < 1.29 is 22.6 Å². The molecule has 1 aliphatic rings. The first-order chi connectivity index (χ1) is 15.4. The fourth-order valence-electron chi connectivity index (χ4n) is 3.09. The zero-order valence-corrected chi connectivity index (χ0v) is 19.6. The SMILES string of the molecule is CN(C)S(=O)(=O)c1ccc(OCCSc2nnc([C@H]3COc4ccccc4O3)n2C)cc1. The summed E-state index contributed by atoms with van der Waals surface area (Å²) in [4.78, 5) is 0.229. The van der Waals surface area contributed by atoms with E-state index in [4.69, 9.17) is 14.2 Å². The number of ether oxygens (including phenoxy) is 3. The maximum atomic E-state index is 12.1. The summed E-state index contributed by atoms with van der Waals surface area (Å²) in [6.45, 7) is 0.805. The molecule has 9 nitrogen and oxygen atoms in total. The van der Waals surface area contributed by atoms with Crippen LogP contribution in [-0.2, 0) is 17.1 Å². The first-order valence-electron chi connectivity index (χ1n) is 9.92. The van der Waals surface area contributed by atoms with E-state index in [1.165, 1.54) is 42.3 Å². The molecular formula is C21H24N4O5S2. The smallest absolute Gasteiger partial charge is 0.242 e. The highest BCUT2D eigenvalue weighted by Crippen LogP contribution is 2.35. The number of hydrogen-bond acceptors (Lipinski definition) is 8. The second kappa shape index (κ2) is 9.39. The van der Waals surface area contributed by atoms with Crippen molar-refractivity contribution >= 4 is 21.8 Å². The van der Waals surface area contributed by atoms with Crippen molar-refractivity contribution in [1.29, 1.82) is 0 Å². The summed E-state index contributed by atoms with van der Waals surface area (Å²) < 4.78 is 44.8. The Morgan fingerprint density at radius 3 is 2.56 bits per heavy atom. The first-order valence-corrected chi connectivity index (χ1v) is 12.3. The van der Waals surface area contributed by atoms with E-state index in [0.717, 1.165) is 10.9 Å². The van der Waals surface area contributed by atoms with E-state index in [-0.39, 0.29) is 11.0 Å². The second-order valence-corrected chi connectivity index (χ2v) is 10.4. The van der Waals surface area contributed by atoms with Gasteiger partial charge in [0.2, 0.25) is 10.0 Å². The fraction of sp³-hybridized carbons (Fsp3) is 0.333. The van der Waals surface area contributed by atoms with Gasteiger partial charge in [-0.2, -0.15) is 0 Å². The summed E-state index contributed by atoms with van der Waals surface area (Å²) in [5.74, 6) is 3.37. The third-order valence-electron chi connectivity index (χ3n) is 4.85. The first kappa shape index (κ1) is 22.4. The molecule has 0 saturated carbocycles. The summed E-state index contributed by atoms with van der Waals surface area (Å²) in [6, 6.07) is 13.9. The number of para-hydroxylation sites is 2. The predicted octanol–water partition coefficient (Wildman–Crippen LogP) is 2.75. The normalized spacial score (nSPS) is 15.7. The van der Waals surface area contributed by atoms with Crippen LogP contribution in [0.15, 0.2) is 58.6 Å². The van der Waals surface area contributed by atoms with Crippen LogP contribution in [0.5, 0.6) is 17.2 Å². The summed E-state index contributed by atoms with van der Waals surface area (Å²) in [6.07, 6.45) is -0.329. The summed E-state index contributed by atoms with van der Waals surface area (Å²) in [5, 5.41) is 9.29. The lowest BCUT2D eigenvalue weighted by Gasteiger charge is -2.25. The third-order valence-corrected chi connectivity index (χ3v) is 7.66. The average molecular weight is 477 g/mol. The Labute approximate surface area is 191 Å². The number of benzene rings is 2. The van der Waals surface area contributed by atoms with E-state index in [0.29, 0.717) is 36.3 Å². The molecule has 0 N–H and O–H groups in total. The molecule has 3 aromatic rings. The molecule has 1 aliphatic heterocycles. The third kappa shape index (κ3) is 4.69. The lowest BCUT2D eigenvalue weighted by molar-refractivity contribution is 0.0825. The van der Waals surface area contributed by atoms with Gasteiger partial charge in [-0.3, -0.25) is 0 Å². The largest absolute Gasteiger partial charge is 0.493 e. The monoisotopic (exact) mass is 476 g/mol. The molecule has 2 heterocycles. The molecule has 0 spiro atoms. The minimum Gasteiger partial charge on any atom is -0.493 e. The molecule has 4 rings (SSSR count). The molecule has 0 aliphatic carbocycles. The maximum Gasteiger partial charge on any atom is 0.242 e. The maximum absolute atomic E-state index is 12.1. The number of aromatic nitrogens is 3. The van der Waals surface area contributed by atoms with Gasteiger partial charge in [-0.25, -0.2) is 12.7 Å². The molecule has 0 amide bonds. The second-order valence-electron chi connectivity index (χ2n) is 7.22. The highest BCUT2D eigenvalue weighted by molar-refractivity contribution is 7.99. The van der Waals surface area contributed by atoms with Crippen LogP contribution < -0.4 is 14.2 Å². The molecule has 170 valence electrons. The molecule has 2 aromatic carbocycles. The van der Waals surface area contributed by atoms with Crippen LogP contribution >= 0.6 is 11.8 Å². The van der Waals surface area contributed by atoms with Gasteiger partial charge in [0, 0.05) is 26.9 Å². The van der Waals surface area contributed by atoms with Crippen LogP contribution in [0.2, 0.25) is 0 Å². The Morgan fingerprint density at radius 1 is 1.12 bits per heavy atom. The molecule has 1 aromatic heterocycles. The molecule has 11 heteroatoms. The fourth-order valence-corrected chi connectivity index (χ4v) is 4.73. The van der Waals surface area contributed by atoms with Crippen LogP contribution in [0.4, 0.5) is 0 Å². The molecule has 0 bridgehead atoms. The van der Waals surface area contributed by atoms with Crippen LogP contribution in [0, 0.1) is 0 Å². The Bertz CT molecular complexity index is 1180. The highest BCUT2D eigenvalue weighted by Gasteiger charge is 2.27. The van der Waals surface area contributed by atoms with Gasteiger partial charge in [-0.1, -0.05) is 23.9 Å². The molecule has 32 heavy (non-hydrogen) atoms. The number of rotatable bonds is 8. The standard InChI is InChI=1S/C21H24N4O5S2/c1-24(2)32(26,27)16-10-8-15(9-11-16)28-12-13-31-21-23-22-20(25(21)3)19-14-29-17-6-4-5-7-18(17)30-19/h4-11,19H,12-14H2,1-3H3/t19-/m1/s1. The van der Waals surface area contributed by atoms with Crippen molar-refractivity contribution in [3.63, 3.8) is 0 Å². The molecular weight excluding hydrogens is 452 g/mol. The van der Waals surface area contributed by atoms with E-state index in [1.54, 1.807) is 12.1 Å². The van der Waals surface area contributed by atoms with Gasteiger partial charge in [-0.05, 0) is 36.4 Å². The summed E-state index contributed by atoms with van der Waals surface area (Å²) >= 11 is 1.51. The lowest BCUT2D eigenvalue weighted by Crippen LogP contribution is -2.24. The van der Waals surface area contributed by atoms with E-state index in [1.807, 2.05) is 35.9 Å². The van der Waals surface area contributed by atoms with Crippen molar-refractivity contribution in [3.05, 3.63) is 54.4 Å². The number of hydrogen-bond donors (Lipinski definition) is 0. The van der Waals surface area contributed by atoms with Crippen LogP contribution in [0.25, 0.3) is 0 Å². The lowest BCUT2D eigenvalue weighted by atomic mass is 10.2. The number of thioether (sulfide) groups is 1. The Morgan fingerprint density at radius 2 is 1.84 bits per heavy atom. The van der Waals surface area contributed by atoms with E-state index in [9.17, 15) is 8.42 Å². The van der Waals surface area contributed by atoms with Crippen molar-refractivity contribution in [1.82, 2.24) is 19.1 Å². The van der Waals surface area contributed by atoms with E-state index < -0.39 is 10.0 Å². The van der Waals surface area contributed by atoms with Gasteiger partial charge >= 0.3 is 0 Å². The average Bonchev–Trinajstić information content (AvgIpc) is 3.16. The highest BCUT2D eigenvalue weighted by atomic mass is 32.2.